The molecule has 0 fully saturated rings. The minimum Gasteiger partial charge on any atom is -0.464 e. The number of rotatable bonds is 9. The number of carbonyl (C=O) groups excluding carboxylic acids is 3. The Morgan fingerprint density at radius 1 is 1.16 bits per heavy atom. The average Bonchev–Trinajstić information content (AvgIpc) is 2.50. The lowest BCUT2D eigenvalue weighted by atomic mass is 9.99. The van der Waals surface area contributed by atoms with Gasteiger partial charge >= 0.3 is 12.1 Å². The predicted molar refractivity (Wildman–Crippen MR) is 95.8 cm³/mol. The van der Waals surface area contributed by atoms with Crippen molar-refractivity contribution in [3.05, 3.63) is 11.3 Å². The molecule has 0 saturated heterocycles. The second-order valence-electron chi connectivity index (χ2n) is 7.00. The number of hydrogen-bond donors (Lipinski definition) is 2. The van der Waals surface area contributed by atoms with E-state index in [1.165, 1.54) is 14.0 Å². The van der Waals surface area contributed by atoms with Crippen LogP contribution in [0.5, 0.6) is 0 Å². The van der Waals surface area contributed by atoms with Gasteiger partial charge in [0.25, 0.3) is 0 Å². The number of esters is 1. The van der Waals surface area contributed by atoms with Crippen LogP contribution in [0.3, 0.4) is 0 Å². The summed E-state index contributed by atoms with van der Waals surface area (Å²) in [5.74, 6) is -1.05. The van der Waals surface area contributed by atoms with Crippen LogP contribution in [0, 0.1) is 0 Å². The fourth-order valence-corrected chi connectivity index (χ4v) is 2.13. The maximum Gasteiger partial charge on any atom is 0.407 e. The van der Waals surface area contributed by atoms with Crippen LogP contribution in [0.1, 0.15) is 66.7 Å². The third kappa shape index (κ3) is 9.74. The number of ether oxygens (including phenoxy) is 2. The molecule has 25 heavy (non-hydrogen) atoms. The first-order chi connectivity index (χ1) is 11.5. The fraction of sp³-hybridized carbons (Fsp3) is 0.722. The summed E-state index contributed by atoms with van der Waals surface area (Å²) in [6.07, 6.45) is 3.03. The summed E-state index contributed by atoms with van der Waals surface area (Å²) in [6, 6.07) is -0.380. The molecule has 0 aromatic rings. The molecule has 0 spiro atoms. The highest BCUT2D eigenvalue weighted by atomic mass is 16.6. The molecule has 0 aromatic heterocycles. The van der Waals surface area contributed by atoms with Gasteiger partial charge in [0.05, 0.1) is 7.11 Å². The highest BCUT2D eigenvalue weighted by Crippen LogP contribution is 2.13. The van der Waals surface area contributed by atoms with Gasteiger partial charge in [-0.05, 0) is 34.1 Å². The van der Waals surface area contributed by atoms with Gasteiger partial charge in [-0.15, -0.1) is 0 Å². The minimum absolute atomic E-state index is 0.0481. The summed E-state index contributed by atoms with van der Waals surface area (Å²) >= 11 is 0. The molecule has 0 saturated carbocycles. The lowest BCUT2D eigenvalue weighted by Gasteiger charge is -2.23. The zero-order valence-electron chi connectivity index (χ0n) is 16.2. The average molecular weight is 356 g/mol. The maximum absolute atomic E-state index is 12.4. The highest BCUT2D eigenvalue weighted by Gasteiger charge is 2.23. The van der Waals surface area contributed by atoms with E-state index in [9.17, 15) is 14.4 Å². The summed E-state index contributed by atoms with van der Waals surface area (Å²) in [4.78, 5) is 35.8. The molecule has 1 amide bonds. The Labute approximate surface area is 150 Å². The van der Waals surface area contributed by atoms with Gasteiger partial charge in [-0.25, -0.2) is 9.59 Å². The maximum atomic E-state index is 12.4. The monoisotopic (exact) mass is 356 g/mol. The number of alkyl carbamates (subject to hydrolysis) is 1. The van der Waals surface area contributed by atoms with Crippen LogP contribution >= 0.6 is 0 Å². The van der Waals surface area contributed by atoms with Crippen LogP contribution in [0.25, 0.3) is 0 Å². The Hall–Kier alpha value is -2.05. The Kier molecular flexibility index (Phi) is 9.86. The largest absolute Gasteiger partial charge is 0.464 e. The van der Waals surface area contributed by atoms with E-state index < -0.39 is 17.7 Å². The van der Waals surface area contributed by atoms with Crippen LogP contribution in [-0.4, -0.2) is 36.6 Å². The van der Waals surface area contributed by atoms with Crippen molar-refractivity contribution in [2.24, 2.45) is 5.73 Å². The van der Waals surface area contributed by atoms with Gasteiger partial charge in [-0.2, -0.15) is 0 Å². The van der Waals surface area contributed by atoms with Crippen LogP contribution < -0.4 is 11.1 Å². The molecule has 0 aliphatic rings. The number of hydrogen-bond acceptors (Lipinski definition) is 6. The summed E-state index contributed by atoms with van der Waals surface area (Å²) in [5.41, 5.74) is 4.93. The van der Waals surface area contributed by atoms with E-state index >= 15 is 0 Å². The number of carbonyl (C=O) groups is 3. The predicted octanol–water partition coefficient (Wildman–Crippen LogP) is 2.82. The van der Waals surface area contributed by atoms with E-state index in [1.54, 1.807) is 20.8 Å². The lowest BCUT2D eigenvalue weighted by Crippen LogP contribution is -2.40. The topological polar surface area (TPSA) is 108 Å². The minimum atomic E-state index is -0.742. The van der Waals surface area contributed by atoms with Crippen LogP contribution in [-0.2, 0) is 19.1 Å². The molecule has 0 bridgehead atoms. The first-order valence-corrected chi connectivity index (χ1v) is 8.59. The normalized spacial score (nSPS) is 13.5. The van der Waals surface area contributed by atoms with Crippen molar-refractivity contribution in [2.75, 3.05) is 7.11 Å². The van der Waals surface area contributed by atoms with Crippen molar-refractivity contribution in [3.8, 4) is 0 Å². The molecule has 7 nitrogen and oxygen atoms in total. The van der Waals surface area contributed by atoms with Crippen LogP contribution in [0.4, 0.5) is 4.79 Å². The number of nitrogens with one attached hydrogen (secondary N) is 1. The number of nitrogens with two attached hydrogens (primary N) is 1. The number of amides is 1. The smallest absolute Gasteiger partial charge is 0.407 e. The Morgan fingerprint density at radius 2 is 1.76 bits per heavy atom. The molecule has 0 heterocycles. The molecule has 3 N–H and O–H groups in total. The number of unbranched alkanes of at least 4 members (excludes halogenated alkanes) is 2. The number of methoxy groups -OCH3 is 1. The molecule has 144 valence electrons. The van der Waals surface area contributed by atoms with E-state index in [4.69, 9.17) is 10.5 Å². The van der Waals surface area contributed by atoms with Crippen LogP contribution in [0.15, 0.2) is 11.3 Å². The van der Waals surface area contributed by atoms with E-state index in [0.29, 0.717) is 6.42 Å². The quantitative estimate of drug-likeness (QED) is 0.374. The number of Topliss-reactive ketones (excluding diaryl/α,β-unsaturated/α-hetero) is 1. The van der Waals surface area contributed by atoms with Gasteiger partial charge in [0, 0.05) is 18.0 Å². The SMILES string of the molecule is CCCCC[C@@H](CC(=O)C(C)=C(N)C(=O)OC)NC(=O)OC(C)(C)C. The van der Waals surface area contributed by atoms with Gasteiger partial charge < -0.3 is 20.5 Å². The molecule has 1 atom stereocenters. The van der Waals surface area contributed by atoms with Gasteiger partial charge in [-0.1, -0.05) is 26.2 Å². The first-order valence-electron chi connectivity index (χ1n) is 8.59. The van der Waals surface area contributed by atoms with Crippen molar-refractivity contribution in [1.29, 1.82) is 0 Å². The van der Waals surface area contributed by atoms with E-state index in [0.717, 1.165) is 19.3 Å². The summed E-state index contributed by atoms with van der Waals surface area (Å²) in [7, 11) is 1.20. The van der Waals surface area contributed by atoms with E-state index in [-0.39, 0.29) is 29.5 Å². The molecular formula is C18H32N2O5. The Bertz CT molecular complexity index is 506. The molecule has 0 unspecified atom stereocenters. The molecular weight excluding hydrogens is 324 g/mol. The number of allylic oxidation sites excluding steroid dienone is 1. The zero-order chi connectivity index (χ0) is 19.6. The van der Waals surface area contributed by atoms with Gasteiger partial charge in [0.1, 0.15) is 11.3 Å². The third-order valence-corrected chi connectivity index (χ3v) is 3.54. The van der Waals surface area contributed by atoms with Crippen molar-refractivity contribution in [2.45, 2.75) is 78.4 Å². The van der Waals surface area contributed by atoms with Gasteiger partial charge in [0.2, 0.25) is 0 Å². The number of ketones is 1. The molecule has 0 rings (SSSR count). The van der Waals surface area contributed by atoms with E-state index in [2.05, 4.69) is 17.0 Å². The van der Waals surface area contributed by atoms with Crippen molar-refractivity contribution >= 4 is 17.8 Å². The lowest BCUT2D eigenvalue weighted by molar-refractivity contribution is -0.136. The first kappa shape index (κ1) is 22.9. The molecule has 7 heteroatoms. The Morgan fingerprint density at radius 3 is 2.24 bits per heavy atom. The molecule has 0 aliphatic carbocycles. The Balaban J connectivity index is 5.01. The summed E-state index contributed by atoms with van der Waals surface area (Å²) < 4.78 is 9.77. The van der Waals surface area contributed by atoms with Gasteiger partial charge in [-0.3, -0.25) is 4.79 Å². The van der Waals surface area contributed by atoms with Crippen molar-refractivity contribution < 1.29 is 23.9 Å². The standard InChI is InChI=1S/C18H32N2O5/c1-7-8-9-10-13(20-17(23)25-18(3,4)5)11-14(21)12(2)15(19)16(22)24-6/h13H,7-11,19H2,1-6H3,(H,20,23)/t13-/m0/s1. The summed E-state index contributed by atoms with van der Waals surface area (Å²) in [6.45, 7) is 8.87. The molecule has 0 radical (unpaired) electrons. The second kappa shape index (κ2) is 10.7. The fourth-order valence-electron chi connectivity index (χ4n) is 2.13. The highest BCUT2D eigenvalue weighted by molar-refractivity contribution is 6.03. The van der Waals surface area contributed by atoms with Crippen molar-refractivity contribution in [3.63, 3.8) is 0 Å². The molecule has 0 aliphatic heterocycles. The third-order valence-electron chi connectivity index (χ3n) is 3.54. The summed E-state index contributed by atoms with van der Waals surface area (Å²) in [5, 5.41) is 2.74. The van der Waals surface area contributed by atoms with Gasteiger partial charge in [0.15, 0.2) is 5.78 Å². The zero-order valence-corrected chi connectivity index (χ0v) is 16.2. The van der Waals surface area contributed by atoms with E-state index in [1.807, 2.05) is 0 Å². The van der Waals surface area contributed by atoms with Crippen LogP contribution in [0.2, 0.25) is 0 Å². The molecule has 0 aromatic carbocycles. The second-order valence-corrected chi connectivity index (χ2v) is 7.00. The van der Waals surface area contributed by atoms with Crippen molar-refractivity contribution in [1.82, 2.24) is 5.32 Å².